The van der Waals surface area contributed by atoms with Crippen LogP contribution in [0.4, 0.5) is 14.0 Å². The number of hydrazine groups is 1. The van der Waals surface area contributed by atoms with Crippen LogP contribution in [0.2, 0.25) is 0 Å². The smallest absolute Gasteiger partial charge is 0.432 e. The number of carbonyl (C=O) groups excluding carboxylic acids is 3. The van der Waals surface area contributed by atoms with Gasteiger partial charge in [-0.15, -0.1) is 0 Å². The maximum atomic E-state index is 14.4. The molecular weight excluding hydrogens is 515 g/mol. The number of ether oxygens (including phenoxy) is 6. The molecule has 0 spiro atoms. The SMILES string of the molecule is CCOC(=O)N1[C@@H]2C=C[C@@](OC)(C(=O)c3c2cc(OC)c(OC)c3OCc2ccccc2F)N1C(=O)OCC. The van der Waals surface area contributed by atoms with Crippen molar-refractivity contribution >= 4 is 18.0 Å². The number of hydrogen-bond acceptors (Lipinski definition) is 9. The minimum Gasteiger partial charge on any atom is -0.493 e. The summed E-state index contributed by atoms with van der Waals surface area (Å²) in [6.07, 6.45) is 0.958. The molecule has 2 aliphatic heterocycles. The van der Waals surface area contributed by atoms with Gasteiger partial charge < -0.3 is 28.4 Å². The van der Waals surface area contributed by atoms with E-state index in [0.717, 1.165) is 10.0 Å². The van der Waals surface area contributed by atoms with Crippen molar-refractivity contribution in [2.24, 2.45) is 0 Å². The first-order valence-corrected chi connectivity index (χ1v) is 12.2. The molecule has 11 nitrogen and oxygen atoms in total. The third kappa shape index (κ3) is 4.50. The van der Waals surface area contributed by atoms with Crippen LogP contribution in [-0.2, 0) is 20.8 Å². The van der Waals surface area contributed by atoms with Crippen LogP contribution in [0.15, 0.2) is 42.5 Å². The number of amides is 2. The molecule has 0 unspecified atom stereocenters. The molecule has 2 bridgehead atoms. The molecule has 2 amide bonds. The first kappa shape index (κ1) is 27.7. The molecule has 2 atom stereocenters. The van der Waals surface area contributed by atoms with E-state index in [4.69, 9.17) is 28.4 Å². The summed E-state index contributed by atoms with van der Waals surface area (Å²) in [4.78, 5) is 40.9. The Kier molecular flexibility index (Phi) is 7.95. The molecule has 208 valence electrons. The quantitative estimate of drug-likeness (QED) is 0.446. The average Bonchev–Trinajstić information content (AvgIpc) is 3.11. The number of methoxy groups -OCH3 is 3. The van der Waals surface area contributed by atoms with Crippen LogP contribution in [0.25, 0.3) is 0 Å². The normalized spacial score (nSPS) is 19.3. The van der Waals surface area contributed by atoms with Gasteiger partial charge in [0.1, 0.15) is 18.5 Å². The van der Waals surface area contributed by atoms with Gasteiger partial charge in [0.15, 0.2) is 11.5 Å². The van der Waals surface area contributed by atoms with Crippen LogP contribution < -0.4 is 14.2 Å². The third-order valence-electron chi connectivity index (χ3n) is 6.36. The van der Waals surface area contributed by atoms with Crippen LogP contribution >= 0.6 is 0 Å². The van der Waals surface area contributed by atoms with Crippen molar-refractivity contribution in [1.29, 1.82) is 0 Å². The summed E-state index contributed by atoms with van der Waals surface area (Å²) in [5.74, 6) is -1.12. The largest absolute Gasteiger partial charge is 0.493 e. The Bertz CT molecular complexity index is 1310. The Morgan fingerprint density at radius 1 is 1.00 bits per heavy atom. The predicted octanol–water partition coefficient (Wildman–Crippen LogP) is 4.40. The molecule has 0 fully saturated rings. The fraction of sp³-hybridized carbons (Fsp3) is 0.370. The minimum absolute atomic E-state index is 0.00778. The third-order valence-corrected chi connectivity index (χ3v) is 6.36. The van der Waals surface area contributed by atoms with Gasteiger partial charge in [-0.05, 0) is 37.6 Å². The summed E-state index contributed by atoms with van der Waals surface area (Å²) in [5, 5.41) is 1.75. The lowest BCUT2D eigenvalue weighted by molar-refractivity contribution is -0.158. The predicted molar refractivity (Wildman–Crippen MR) is 134 cm³/mol. The molecule has 12 heteroatoms. The fourth-order valence-electron chi connectivity index (χ4n) is 4.64. The molecule has 2 aromatic rings. The van der Waals surface area contributed by atoms with E-state index in [2.05, 4.69) is 0 Å². The second-order valence-corrected chi connectivity index (χ2v) is 8.37. The van der Waals surface area contributed by atoms with Gasteiger partial charge in [-0.1, -0.05) is 24.3 Å². The van der Waals surface area contributed by atoms with E-state index in [9.17, 15) is 18.8 Å². The Hall–Kier alpha value is -4.32. The lowest BCUT2D eigenvalue weighted by Crippen LogP contribution is -2.66. The monoisotopic (exact) mass is 544 g/mol. The van der Waals surface area contributed by atoms with Gasteiger partial charge in [-0.25, -0.2) is 14.0 Å². The zero-order valence-corrected chi connectivity index (χ0v) is 22.2. The number of nitrogens with zero attached hydrogens (tertiary/aromatic N) is 2. The van der Waals surface area contributed by atoms with Gasteiger partial charge in [0.05, 0.1) is 33.0 Å². The van der Waals surface area contributed by atoms with Crippen molar-refractivity contribution in [3.63, 3.8) is 0 Å². The summed E-state index contributed by atoms with van der Waals surface area (Å²) in [6.45, 7) is 2.87. The molecule has 0 aromatic heterocycles. The van der Waals surface area contributed by atoms with Gasteiger partial charge >= 0.3 is 12.2 Å². The van der Waals surface area contributed by atoms with Crippen LogP contribution in [0.1, 0.15) is 41.4 Å². The van der Waals surface area contributed by atoms with E-state index in [0.29, 0.717) is 0 Å². The van der Waals surface area contributed by atoms with E-state index < -0.39 is 35.6 Å². The summed E-state index contributed by atoms with van der Waals surface area (Å²) in [7, 11) is 3.96. The average molecular weight is 545 g/mol. The van der Waals surface area contributed by atoms with Crippen molar-refractivity contribution in [1.82, 2.24) is 10.0 Å². The highest BCUT2D eigenvalue weighted by molar-refractivity contribution is 6.10. The molecule has 0 N–H and O–H groups in total. The maximum absolute atomic E-state index is 14.4. The van der Waals surface area contributed by atoms with Crippen molar-refractivity contribution in [3.8, 4) is 17.2 Å². The summed E-state index contributed by atoms with van der Waals surface area (Å²) in [6, 6.07) is 6.47. The van der Waals surface area contributed by atoms with E-state index in [1.807, 2.05) is 0 Å². The number of rotatable bonds is 8. The van der Waals surface area contributed by atoms with E-state index in [-0.39, 0.29) is 53.8 Å². The second-order valence-electron chi connectivity index (χ2n) is 8.37. The van der Waals surface area contributed by atoms with Crippen molar-refractivity contribution < 1.29 is 47.2 Å². The Labute approximate surface area is 224 Å². The number of ketones is 1. The molecule has 1 aliphatic carbocycles. The molecule has 2 heterocycles. The van der Waals surface area contributed by atoms with E-state index in [1.54, 1.807) is 26.0 Å². The van der Waals surface area contributed by atoms with Gasteiger partial charge in [0.25, 0.3) is 0 Å². The molecule has 5 rings (SSSR count). The van der Waals surface area contributed by atoms with Crippen molar-refractivity contribution in [2.75, 3.05) is 34.5 Å². The van der Waals surface area contributed by atoms with Gasteiger partial charge in [0.2, 0.25) is 17.3 Å². The number of benzene rings is 2. The van der Waals surface area contributed by atoms with Crippen molar-refractivity contribution in [2.45, 2.75) is 32.2 Å². The maximum Gasteiger partial charge on any atom is 0.432 e. The van der Waals surface area contributed by atoms with Crippen LogP contribution in [0, 0.1) is 5.82 Å². The Balaban J connectivity index is 1.99. The molecule has 0 saturated carbocycles. The molecule has 3 aliphatic rings. The molecule has 39 heavy (non-hydrogen) atoms. The van der Waals surface area contributed by atoms with Crippen molar-refractivity contribution in [3.05, 3.63) is 65.0 Å². The fourth-order valence-corrected chi connectivity index (χ4v) is 4.64. The second kappa shape index (κ2) is 11.2. The van der Waals surface area contributed by atoms with Crippen LogP contribution in [0.5, 0.6) is 17.2 Å². The zero-order chi connectivity index (χ0) is 28.3. The Morgan fingerprint density at radius 3 is 2.31 bits per heavy atom. The number of Topliss-reactive ketones (excluding diaryl/α,β-unsaturated/α-hetero) is 1. The van der Waals surface area contributed by atoms with E-state index in [1.165, 1.54) is 51.7 Å². The Morgan fingerprint density at radius 2 is 1.69 bits per heavy atom. The standard InChI is InChI=1S/C27H29FN2O9/c1-6-37-25(32)29-19-12-13-27(36-5,30(29)26(33)38-7-2)24(31)21-17(19)14-20(34-3)22(35-4)23(21)39-15-16-10-8-9-11-18(16)28/h8-14,19H,6-7,15H2,1-5H3/t19-,27-/m1/s1. The highest BCUT2D eigenvalue weighted by Gasteiger charge is 2.59. The van der Waals surface area contributed by atoms with Gasteiger partial charge in [-0.2, -0.15) is 10.0 Å². The first-order valence-electron chi connectivity index (χ1n) is 12.2. The number of halogens is 1. The summed E-state index contributed by atoms with van der Waals surface area (Å²) < 4.78 is 47.7. The number of hydrogen-bond donors (Lipinski definition) is 0. The molecular formula is C27H29FN2O9. The minimum atomic E-state index is -2.16. The summed E-state index contributed by atoms with van der Waals surface area (Å²) >= 11 is 0. The lowest BCUT2D eigenvalue weighted by Gasteiger charge is -2.46. The zero-order valence-electron chi connectivity index (χ0n) is 22.2. The van der Waals surface area contributed by atoms with Gasteiger partial charge in [0, 0.05) is 12.7 Å². The molecule has 0 saturated heterocycles. The summed E-state index contributed by atoms with van der Waals surface area (Å²) in [5.41, 5.74) is -1.75. The van der Waals surface area contributed by atoms with Gasteiger partial charge in [-0.3, -0.25) is 4.79 Å². The molecule has 0 radical (unpaired) electrons. The highest BCUT2D eigenvalue weighted by atomic mass is 19.1. The lowest BCUT2D eigenvalue weighted by atomic mass is 9.95. The first-order chi connectivity index (χ1) is 18.8. The van der Waals surface area contributed by atoms with Crippen LogP contribution in [0.3, 0.4) is 0 Å². The molecule has 2 aromatic carbocycles. The number of carbonyl (C=O) groups is 3. The number of fused-ring (bicyclic) bond motifs is 1. The van der Waals surface area contributed by atoms with E-state index >= 15 is 0 Å². The topological polar surface area (TPSA) is 113 Å². The van der Waals surface area contributed by atoms with Crippen LogP contribution in [-0.4, -0.2) is 68.3 Å². The highest BCUT2D eigenvalue weighted by Crippen LogP contribution is 2.52.